The summed E-state index contributed by atoms with van der Waals surface area (Å²) in [5.41, 5.74) is 0.810. The molecule has 0 radical (unpaired) electrons. The van der Waals surface area contributed by atoms with Crippen molar-refractivity contribution in [2.45, 2.75) is 24.7 Å². The third-order valence-electron chi connectivity index (χ3n) is 3.72. The first-order chi connectivity index (χ1) is 11.8. The highest BCUT2D eigenvalue weighted by Crippen LogP contribution is 2.23. The van der Waals surface area contributed by atoms with Gasteiger partial charge in [0.25, 0.3) is 0 Å². The summed E-state index contributed by atoms with van der Waals surface area (Å²) in [6.45, 7) is 2.12. The lowest BCUT2D eigenvalue weighted by molar-refractivity contribution is 0.0693. The maximum atomic E-state index is 12.3. The summed E-state index contributed by atoms with van der Waals surface area (Å²) >= 11 is 0. The van der Waals surface area contributed by atoms with Crippen LogP contribution in [0.5, 0.6) is 11.5 Å². The van der Waals surface area contributed by atoms with Crippen molar-refractivity contribution in [2.75, 3.05) is 12.4 Å². The summed E-state index contributed by atoms with van der Waals surface area (Å²) in [5, 5.41) is 18.4. The number of aromatic hydroxyl groups is 1. The second-order valence-electron chi connectivity index (χ2n) is 5.50. The van der Waals surface area contributed by atoms with E-state index >= 15 is 0 Å². The second-order valence-corrected chi connectivity index (χ2v) is 7.61. The standard InChI is InChI=1S/C18H20O6S/c1-2-13-4-7-15(8-5-13)25(22,23)11-3-10-24-14-6-9-17(19)16(12-14)18(20)21/h4-9,12,19H,2-3,10-11H2,1H3,(H,20,21). The Kier molecular flexibility index (Phi) is 6.03. The minimum absolute atomic E-state index is 0.0671. The number of hydrogen-bond acceptors (Lipinski definition) is 5. The van der Waals surface area contributed by atoms with Crippen molar-refractivity contribution in [3.63, 3.8) is 0 Å². The Labute approximate surface area is 146 Å². The number of benzene rings is 2. The van der Waals surface area contributed by atoms with Gasteiger partial charge in [0, 0.05) is 0 Å². The van der Waals surface area contributed by atoms with Crippen LogP contribution in [0.1, 0.15) is 29.3 Å². The zero-order valence-electron chi connectivity index (χ0n) is 13.8. The SMILES string of the molecule is CCc1ccc(S(=O)(=O)CCCOc2ccc(O)c(C(=O)O)c2)cc1. The van der Waals surface area contributed by atoms with E-state index in [-0.39, 0.29) is 40.7 Å². The number of carbonyl (C=O) groups is 1. The Morgan fingerprint density at radius 2 is 1.80 bits per heavy atom. The number of rotatable bonds is 8. The Hall–Kier alpha value is -2.54. The van der Waals surface area contributed by atoms with E-state index in [1.165, 1.54) is 18.2 Å². The first-order valence-corrected chi connectivity index (χ1v) is 9.49. The van der Waals surface area contributed by atoms with Crippen molar-refractivity contribution in [1.82, 2.24) is 0 Å². The van der Waals surface area contributed by atoms with Gasteiger partial charge in [0.1, 0.15) is 17.1 Å². The van der Waals surface area contributed by atoms with E-state index in [0.717, 1.165) is 12.0 Å². The summed E-state index contributed by atoms with van der Waals surface area (Å²) in [7, 11) is -3.38. The van der Waals surface area contributed by atoms with Gasteiger partial charge >= 0.3 is 5.97 Å². The molecular weight excluding hydrogens is 344 g/mol. The number of aromatic carboxylic acids is 1. The molecule has 0 heterocycles. The second kappa shape index (κ2) is 8.02. The minimum Gasteiger partial charge on any atom is -0.507 e. The summed E-state index contributed by atoms with van der Waals surface area (Å²) in [4.78, 5) is 11.2. The van der Waals surface area contributed by atoms with Gasteiger partial charge in [-0.05, 0) is 48.7 Å². The summed E-state index contributed by atoms with van der Waals surface area (Å²) in [6, 6.07) is 10.7. The topological polar surface area (TPSA) is 101 Å². The molecular formula is C18H20O6S. The molecule has 0 saturated heterocycles. The Bertz CT molecular complexity index is 840. The normalized spacial score (nSPS) is 11.2. The molecule has 7 heteroatoms. The van der Waals surface area contributed by atoms with Crippen molar-refractivity contribution in [2.24, 2.45) is 0 Å². The molecule has 6 nitrogen and oxygen atoms in total. The van der Waals surface area contributed by atoms with E-state index in [1.807, 2.05) is 6.92 Å². The number of aryl methyl sites for hydroxylation is 1. The van der Waals surface area contributed by atoms with Gasteiger partial charge in [-0.2, -0.15) is 0 Å². The molecule has 25 heavy (non-hydrogen) atoms. The van der Waals surface area contributed by atoms with Gasteiger partial charge in [0.2, 0.25) is 0 Å². The average molecular weight is 364 g/mol. The molecule has 134 valence electrons. The molecule has 2 aromatic rings. The Morgan fingerprint density at radius 1 is 1.12 bits per heavy atom. The molecule has 2 rings (SSSR count). The van der Waals surface area contributed by atoms with Crippen molar-refractivity contribution < 1.29 is 28.2 Å². The molecule has 0 saturated carbocycles. The molecule has 0 amide bonds. The number of phenols is 1. The molecule has 0 aliphatic rings. The molecule has 2 aromatic carbocycles. The largest absolute Gasteiger partial charge is 0.507 e. The van der Waals surface area contributed by atoms with Crippen LogP contribution in [-0.2, 0) is 16.3 Å². The zero-order valence-corrected chi connectivity index (χ0v) is 14.6. The summed E-state index contributed by atoms with van der Waals surface area (Å²) in [5.74, 6) is -1.42. The van der Waals surface area contributed by atoms with Gasteiger partial charge in [-0.3, -0.25) is 0 Å². The van der Waals surface area contributed by atoms with Crippen molar-refractivity contribution in [1.29, 1.82) is 0 Å². The minimum atomic E-state index is -3.38. The molecule has 2 N–H and O–H groups in total. The Morgan fingerprint density at radius 3 is 2.40 bits per heavy atom. The van der Waals surface area contributed by atoms with E-state index < -0.39 is 15.8 Å². The summed E-state index contributed by atoms with van der Waals surface area (Å²) in [6.07, 6.45) is 1.11. The van der Waals surface area contributed by atoms with Gasteiger partial charge in [0.15, 0.2) is 9.84 Å². The number of carboxylic acid groups (broad SMARTS) is 1. The third-order valence-corrected chi connectivity index (χ3v) is 5.53. The average Bonchev–Trinajstić information content (AvgIpc) is 2.59. The highest BCUT2D eigenvalue weighted by molar-refractivity contribution is 7.91. The molecule has 0 aliphatic carbocycles. The molecule has 0 unspecified atom stereocenters. The molecule has 0 aliphatic heterocycles. The fraction of sp³-hybridized carbons (Fsp3) is 0.278. The van der Waals surface area contributed by atoms with Crippen LogP contribution in [0.2, 0.25) is 0 Å². The van der Waals surface area contributed by atoms with E-state index in [9.17, 15) is 18.3 Å². The summed E-state index contributed by atoms with van der Waals surface area (Å²) < 4.78 is 29.9. The first-order valence-electron chi connectivity index (χ1n) is 7.84. The monoisotopic (exact) mass is 364 g/mol. The van der Waals surface area contributed by atoms with Crippen LogP contribution < -0.4 is 4.74 Å². The van der Waals surface area contributed by atoms with Gasteiger partial charge in [-0.1, -0.05) is 19.1 Å². The fourth-order valence-corrected chi connectivity index (χ4v) is 3.55. The zero-order chi connectivity index (χ0) is 18.4. The van der Waals surface area contributed by atoms with Crippen LogP contribution in [-0.4, -0.2) is 37.0 Å². The molecule has 0 fully saturated rings. The predicted molar refractivity (Wildman–Crippen MR) is 93.1 cm³/mol. The smallest absolute Gasteiger partial charge is 0.339 e. The van der Waals surface area contributed by atoms with Crippen LogP contribution in [0.25, 0.3) is 0 Å². The number of sulfone groups is 1. The highest BCUT2D eigenvalue weighted by Gasteiger charge is 2.14. The van der Waals surface area contributed by atoms with Crippen molar-refractivity contribution in [3.8, 4) is 11.5 Å². The van der Waals surface area contributed by atoms with E-state index in [2.05, 4.69) is 0 Å². The van der Waals surface area contributed by atoms with Crippen LogP contribution in [0.3, 0.4) is 0 Å². The quantitative estimate of drug-likeness (QED) is 0.699. The van der Waals surface area contributed by atoms with Crippen LogP contribution >= 0.6 is 0 Å². The molecule has 0 atom stereocenters. The van der Waals surface area contributed by atoms with Gasteiger partial charge in [0.05, 0.1) is 17.3 Å². The predicted octanol–water partition coefficient (Wildman–Crippen LogP) is 2.90. The van der Waals surface area contributed by atoms with E-state index in [4.69, 9.17) is 9.84 Å². The van der Waals surface area contributed by atoms with E-state index in [0.29, 0.717) is 0 Å². The maximum Gasteiger partial charge on any atom is 0.339 e. The van der Waals surface area contributed by atoms with Gasteiger partial charge in [-0.15, -0.1) is 0 Å². The van der Waals surface area contributed by atoms with Gasteiger partial charge < -0.3 is 14.9 Å². The Balaban J connectivity index is 1.91. The highest BCUT2D eigenvalue weighted by atomic mass is 32.2. The lowest BCUT2D eigenvalue weighted by atomic mass is 10.2. The maximum absolute atomic E-state index is 12.3. The van der Waals surface area contributed by atoms with Gasteiger partial charge in [-0.25, -0.2) is 13.2 Å². The molecule has 0 aromatic heterocycles. The van der Waals surface area contributed by atoms with E-state index in [1.54, 1.807) is 24.3 Å². The van der Waals surface area contributed by atoms with Crippen LogP contribution in [0.15, 0.2) is 47.4 Å². The number of ether oxygens (including phenoxy) is 1. The van der Waals surface area contributed by atoms with Crippen LogP contribution in [0.4, 0.5) is 0 Å². The van der Waals surface area contributed by atoms with Crippen LogP contribution in [0, 0.1) is 0 Å². The number of hydrogen-bond donors (Lipinski definition) is 2. The third kappa shape index (κ3) is 4.96. The number of carboxylic acids is 1. The fourth-order valence-electron chi connectivity index (χ4n) is 2.27. The lowest BCUT2D eigenvalue weighted by Crippen LogP contribution is -2.10. The first kappa shape index (κ1) is 18.8. The van der Waals surface area contributed by atoms with Crippen molar-refractivity contribution >= 4 is 15.8 Å². The van der Waals surface area contributed by atoms with Crippen molar-refractivity contribution in [3.05, 3.63) is 53.6 Å². The lowest BCUT2D eigenvalue weighted by Gasteiger charge is -2.09. The molecule has 0 spiro atoms. The molecule has 0 bridgehead atoms.